The third kappa shape index (κ3) is 2.09. The van der Waals surface area contributed by atoms with E-state index >= 15 is 0 Å². The van der Waals surface area contributed by atoms with Crippen LogP contribution in [0.2, 0.25) is 5.02 Å². The number of nitrogens with zero attached hydrogens (tertiary/aromatic N) is 1. The SMILES string of the molecule is CCOc1cc(Cl)cc(C#N)c1OC. The topological polar surface area (TPSA) is 42.2 Å². The second kappa shape index (κ2) is 4.73. The lowest BCUT2D eigenvalue weighted by Gasteiger charge is -2.10. The predicted molar refractivity (Wildman–Crippen MR) is 53.9 cm³/mol. The van der Waals surface area contributed by atoms with Crippen molar-refractivity contribution in [3.63, 3.8) is 0 Å². The highest BCUT2D eigenvalue weighted by Gasteiger charge is 2.11. The maximum atomic E-state index is 8.82. The molecule has 4 heteroatoms. The molecule has 0 aliphatic carbocycles. The zero-order chi connectivity index (χ0) is 10.6. The molecular weight excluding hydrogens is 202 g/mol. The summed E-state index contributed by atoms with van der Waals surface area (Å²) in [6.45, 7) is 2.36. The average Bonchev–Trinajstić information content (AvgIpc) is 2.17. The maximum Gasteiger partial charge on any atom is 0.178 e. The van der Waals surface area contributed by atoms with E-state index in [1.54, 1.807) is 12.1 Å². The monoisotopic (exact) mass is 211 g/mol. The first kappa shape index (κ1) is 10.7. The summed E-state index contributed by atoms with van der Waals surface area (Å²) in [6, 6.07) is 5.17. The van der Waals surface area contributed by atoms with E-state index in [-0.39, 0.29) is 0 Å². The summed E-state index contributed by atoms with van der Waals surface area (Å²) in [4.78, 5) is 0. The van der Waals surface area contributed by atoms with Gasteiger partial charge in [0.25, 0.3) is 0 Å². The number of hydrogen-bond acceptors (Lipinski definition) is 3. The molecule has 1 rings (SSSR count). The first-order valence-electron chi connectivity index (χ1n) is 4.13. The molecule has 0 heterocycles. The minimum atomic E-state index is 0.378. The fraction of sp³-hybridized carbons (Fsp3) is 0.300. The largest absolute Gasteiger partial charge is 0.492 e. The maximum absolute atomic E-state index is 8.82. The molecule has 1 aromatic rings. The van der Waals surface area contributed by atoms with Crippen LogP contribution in [0.25, 0.3) is 0 Å². The summed E-state index contributed by atoms with van der Waals surface area (Å²) in [5, 5.41) is 9.29. The van der Waals surface area contributed by atoms with Gasteiger partial charge in [-0.25, -0.2) is 0 Å². The van der Waals surface area contributed by atoms with E-state index in [0.717, 1.165) is 0 Å². The van der Waals surface area contributed by atoms with E-state index in [4.69, 9.17) is 26.3 Å². The Morgan fingerprint density at radius 1 is 1.50 bits per heavy atom. The van der Waals surface area contributed by atoms with E-state index in [9.17, 15) is 0 Å². The molecule has 14 heavy (non-hydrogen) atoms. The van der Waals surface area contributed by atoms with Crippen molar-refractivity contribution in [1.82, 2.24) is 0 Å². The summed E-state index contributed by atoms with van der Waals surface area (Å²) in [5.41, 5.74) is 0.378. The minimum Gasteiger partial charge on any atom is -0.492 e. The zero-order valence-corrected chi connectivity index (χ0v) is 8.76. The lowest BCUT2D eigenvalue weighted by atomic mass is 10.2. The van der Waals surface area contributed by atoms with Gasteiger partial charge in [0.05, 0.1) is 19.3 Å². The third-order valence-electron chi connectivity index (χ3n) is 1.64. The van der Waals surface area contributed by atoms with Crippen LogP contribution in [0.15, 0.2) is 12.1 Å². The van der Waals surface area contributed by atoms with Crippen molar-refractivity contribution in [2.75, 3.05) is 13.7 Å². The van der Waals surface area contributed by atoms with Gasteiger partial charge >= 0.3 is 0 Å². The number of halogens is 1. The third-order valence-corrected chi connectivity index (χ3v) is 1.86. The highest BCUT2D eigenvalue weighted by atomic mass is 35.5. The second-order valence-corrected chi connectivity index (χ2v) is 2.97. The minimum absolute atomic E-state index is 0.378. The van der Waals surface area contributed by atoms with Gasteiger partial charge in [-0.3, -0.25) is 0 Å². The van der Waals surface area contributed by atoms with Crippen LogP contribution in [0.1, 0.15) is 12.5 Å². The summed E-state index contributed by atoms with van der Waals surface area (Å²) in [7, 11) is 1.49. The molecule has 0 saturated carbocycles. The fourth-order valence-corrected chi connectivity index (χ4v) is 1.33. The van der Waals surface area contributed by atoms with Crippen LogP contribution < -0.4 is 9.47 Å². The van der Waals surface area contributed by atoms with Crippen molar-refractivity contribution in [3.05, 3.63) is 22.7 Å². The smallest absolute Gasteiger partial charge is 0.178 e. The summed E-state index contributed by atoms with van der Waals surface area (Å²) in [6.07, 6.45) is 0. The Morgan fingerprint density at radius 2 is 2.21 bits per heavy atom. The van der Waals surface area contributed by atoms with Gasteiger partial charge in [0, 0.05) is 11.1 Å². The molecule has 0 aliphatic heterocycles. The average molecular weight is 212 g/mol. The van der Waals surface area contributed by atoms with E-state index in [1.807, 2.05) is 13.0 Å². The molecule has 0 aromatic heterocycles. The number of rotatable bonds is 3. The number of ether oxygens (including phenoxy) is 2. The van der Waals surface area contributed by atoms with Crippen LogP contribution in [0, 0.1) is 11.3 Å². The number of benzene rings is 1. The fourth-order valence-electron chi connectivity index (χ4n) is 1.12. The Balaban J connectivity index is 3.26. The Hall–Kier alpha value is -1.40. The molecule has 3 nitrogen and oxygen atoms in total. The molecule has 0 saturated heterocycles. The lowest BCUT2D eigenvalue weighted by molar-refractivity contribution is 0.310. The van der Waals surface area contributed by atoms with Gasteiger partial charge in [-0.2, -0.15) is 5.26 Å². The molecule has 0 unspecified atom stereocenters. The van der Waals surface area contributed by atoms with Gasteiger partial charge in [-0.05, 0) is 13.0 Å². The Labute approximate surface area is 87.8 Å². The summed E-state index contributed by atoms with van der Waals surface area (Å²) in [5.74, 6) is 0.929. The number of nitriles is 1. The van der Waals surface area contributed by atoms with Gasteiger partial charge in [-0.1, -0.05) is 11.6 Å². The van der Waals surface area contributed by atoms with Crippen molar-refractivity contribution in [2.24, 2.45) is 0 Å². The summed E-state index contributed by atoms with van der Waals surface area (Å²) >= 11 is 5.81. The van der Waals surface area contributed by atoms with Crippen LogP contribution in [0.3, 0.4) is 0 Å². The molecule has 0 amide bonds. The van der Waals surface area contributed by atoms with Gasteiger partial charge in [-0.15, -0.1) is 0 Å². The summed E-state index contributed by atoms with van der Waals surface area (Å²) < 4.78 is 10.4. The number of hydrogen-bond donors (Lipinski definition) is 0. The molecule has 0 bridgehead atoms. The molecule has 0 radical (unpaired) electrons. The van der Waals surface area contributed by atoms with Crippen molar-refractivity contribution < 1.29 is 9.47 Å². The molecule has 0 N–H and O–H groups in total. The van der Waals surface area contributed by atoms with E-state index in [2.05, 4.69) is 0 Å². The van der Waals surface area contributed by atoms with Gasteiger partial charge in [0.15, 0.2) is 11.5 Å². The van der Waals surface area contributed by atoms with Gasteiger partial charge in [0.2, 0.25) is 0 Å². The van der Waals surface area contributed by atoms with E-state index in [1.165, 1.54) is 7.11 Å². The molecule has 0 aliphatic rings. The highest BCUT2D eigenvalue weighted by Crippen LogP contribution is 2.34. The first-order chi connectivity index (χ1) is 6.72. The lowest BCUT2D eigenvalue weighted by Crippen LogP contribution is -1.97. The Bertz CT molecular complexity index is 371. The van der Waals surface area contributed by atoms with Crippen LogP contribution in [-0.2, 0) is 0 Å². The predicted octanol–water partition coefficient (Wildman–Crippen LogP) is 2.62. The first-order valence-corrected chi connectivity index (χ1v) is 4.51. The van der Waals surface area contributed by atoms with Crippen molar-refractivity contribution in [1.29, 1.82) is 5.26 Å². The van der Waals surface area contributed by atoms with Crippen LogP contribution in [-0.4, -0.2) is 13.7 Å². The molecule has 74 valence electrons. The quantitative estimate of drug-likeness (QED) is 0.772. The molecule has 0 fully saturated rings. The molecule has 0 atom stereocenters. The highest BCUT2D eigenvalue weighted by molar-refractivity contribution is 6.30. The van der Waals surface area contributed by atoms with Gasteiger partial charge < -0.3 is 9.47 Å². The molecular formula is C10H10ClNO2. The van der Waals surface area contributed by atoms with E-state index in [0.29, 0.717) is 28.7 Å². The Kier molecular flexibility index (Phi) is 3.61. The van der Waals surface area contributed by atoms with Crippen molar-refractivity contribution >= 4 is 11.6 Å². The van der Waals surface area contributed by atoms with Crippen molar-refractivity contribution in [2.45, 2.75) is 6.92 Å². The Morgan fingerprint density at radius 3 is 2.71 bits per heavy atom. The standard InChI is InChI=1S/C10H10ClNO2/c1-3-14-9-5-8(11)4-7(6-12)10(9)13-2/h4-5H,3H2,1-2H3. The van der Waals surface area contributed by atoms with E-state index < -0.39 is 0 Å². The van der Waals surface area contributed by atoms with Crippen LogP contribution in [0.5, 0.6) is 11.5 Å². The second-order valence-electron chi connectivity index (χ2n) is 2.53. The van der Waals surface area contributed by atoms with Crippen LogP contribution in [0.4, 0.5) is 0 Å². The van der Waals surface area contributed by atoms with Crippen molar-refractivity contribution in [3.8, 4) is 17.6 Å². The molecule has 0 spiro atoms. The van der Waals surface area contributed by atoms with Gasteiger partial charge in [0.1, 0.15) is 6.07 Å². The normalized spacial score (nSPS) is 9.29. The molecule has 1 aromatic carbocycles. The number of methoxy groups -OCH3 is 1. The van der Waals surface area contributed by atoms with Crippen LogP contribution >= 0.6 is 11.6 Å². The zero-order valence-electron chi connectivity index (χ0n) is 8.00.